The number of ether oxygens (including phenoxy) is 1. The maximum absolute atomic E-state index is 13.8. The van der Waals surface area contributed by atoms with Gasteiger partial charge in [-0.25, -0.2) is 18.8 Å². The molecule has 1 saturated heterocycles. The van der Waals surface area contributed by atoms with Crippen LogP contribution in [0.1, 0.15) is 44.7 Å². The second-order valence-electron chi connectivity index (χ2n) is 12.9. The smallest absolute Gasteiger partial charge is 0.416 e. The van der Waals surface area contributed by atoms with E-state index in [0.29, 0.717) is 54.0 Å². The molecule has 1 aliphatic rings. The van der Waals surface area contributed by atoms with E-state index in [0.717, 1.165) is 17.8 Å². The summed E-state index contributed by atoms with van der Waals surface area (Å²) in [5, 5.41) is 14.5. The first-order valence-electron chi connectivity index (χ1n) is 15.7. The molecule has 1 fully saturated rings. The Labute approximate surface area is 280 Å². The molecule has 12 nitrogen and oxygen atoms in total. The second-order valence-corrected chi connectivity index (χ2v) is 12.9. The molecule has 4 N–H and O–H groups in total. The quantitative estimate of drug-likeness (QED) is 0.176. The van der Waals surface area contributed by atoms with Crippen molar-refractivity contribution >= 4 is 29.4 Å². The van der Waals surface area contributed by atoms with Gasteiger partial charge in [-0.15, -0.1) is 5.10 Å². The highest BCUT2D eigenvalue weighted by Gasteiger charge is 2.32. The summed E-state index contributed by atoms with van der Waals surface area (Å²) in [5.41, 5.74) is 8.62. The Kier molecular flexibility index (Phi) is 8.69. The van der Waals surface area contributed by atoms with Crippen molar-refractivity contribution in [3.8, 4) is 28.1 Å². The zero-order chi connectivity index (χ0) is 35.1. The van der Waals surface area contributed by atoms with Crippen molar-refractivity contribution in [2.24, 2.45) is 0 Å². The molecule has 0 bridgehead atoms. The number of likely N-dealkylation sites (tertiary alicyclic amines) is 1. The first kappa shape index (κ1) is 33.3. The summed E-state index contributed by atoms with van der Waals surface area (Å²) in [6.45, 7) is 8.04. The minimum atomic E-state index is -4.56. The number of amides is 3. The van der Waals surface area contributed by atoms with Crippen molar-refractivity contribution in [2.45, 2.75) is 58.4 Å². The van der Waals surface area contributed by atoms with E-state index in [4.69, 9.17) is 10.5 Å². The summed E-state index contributed by atoms with van der Waals surface area (Å²) in [6.07, 6.45) is -0.588. The van der Waals surface area contributed by atoms with E-state index in [9.17, 15) is 22.8 Å². The lowest BCUT2D eigenvalue weighted by atomic mass is 9.95. The highest BCUT2D eigenvalue weighted by Crippen LogP contribution is 2.38. The van der Waals surface area contributed by atoms with Crippen LogP contribution in [0.15, 0.2) is 67.0 Å². The van der Waals surface area contributed by atoms with Crippen molar-refractivity contribution < 1.29 is 27.5 Å². The Morgan fingerprint density at radius 1 is 1.02 bits per heavy atom. The number of piperidine rings is 1. The molecule has 49 heavy (non-hydrogen) atoms. The summed E-state index contributed by atoms with van der Waals surface area (Å²) in [5.74, 6) is -0.0412. The molecule has 15 heteroatoms. The number of pyridine rings is 1. The summed E-state index contributed by atoms with van der Waals surface area (Å²) < 4.78 is 50.0. The maximum atomic E-state index is 13.8. The minimum absolute atomic E-state index is 0.0412. The maximum Gasteiger partial charge on any atom is 0.416 e. The van der Waals surface area contributed by atoms with Crippen molar-refractivity contribution in [1.82, 2.24) is 34.6 Å². The number of aromatic nitrogens is 5. The number of urea groups is 1. The number of halogens is 3. The third-order valence-electron chi connectivity index (χ3n) is 8.13. The van der Waals surface area contributed by atoms with Crippen LogP contribution in [0.25, 0.3) is 33.7 Å². The Morgan fingerprint density at radius 3 is 2.41 bits per heavy atom. The van der Waals surface area contributed by atoms with E-state index in [1.165, 1.54) is 10.6 Å². The van der Waals surface area contributed by atoms with Crippen LogP contribution in [0.5, 0.6) is 0 Å². The fourth-order valence-electron chi connectivity index (χ4n) is 5.80. The summed E-state index contributed by atoms with van der Waals surface area (Å²) in [7, 11) is 0. The average molecular weight is 676 g/mol. The summed E-state index contributed by atoms with van der Waals surface area (Å²) in [4.78, 5) is 31.6. The summed E-state index contributed by atoms with van der Waals surface area (Å²) in [6, 6.07) is 13.1. The fraction of sp³-hybridized carbons (Fsp3) is 0.324. The number of carbonyl (C=O) groups excluding carboxylic acids is 2. The van der Waals surface area contributed by atoms with Crippen LogP contribution >= 0.6 is 0 Å². The van der Waals surface area contributed by atoms with E-state index in [-0.39, 0.29) is 23.2 Å². The molecule has 0 radical (unpaired) electrons. The van der Waals surface area contributed by atoms with Crippen LogP contribution in [-0.4, -0.2) is 66.1 Å². The van der Waals surface area contributed by atoms with Crippen molar-refractivity contribution in [1.29, 1.82) is 0 Å². The Bertz CT molecular complexity index is 2010. The van der Waals surface area contributed by atoms with Crippen molar-refractivity contribution in [3.63, 3.8) is 0 Å². The van der Waals surface area contributed by atoms with Crippen LogP contribution in [-0.2, 0) is 10.9 Å². The number of carbonyl (C=O) groups is 2. The highest BCUT2D eigenvalue weighted by molar-refractivity contribution is 5.90. The monoisotopic (exact) mass is 675 g/mol. The second kappa shape index (κ2) is 12.8. The molecule has 3 amide bonds. The first-order chi connectivity index (χ1) is 23.2. The van der Waals surface area contributed by atoms with Gasteiger partial charge in [-0.2, -0.15) is 23.3 Å². The Hall–Kier alpha value is -5.60. The zero-order valence-corrected chi connectivity index (χ0v) is 27.4. The minimum Gasteiger partial charge on any atom is -0.444 e. The van der Waals surface area contributed by atoms with Crippen LogP contribution in [0.2, 0.25) is 0 Å². The van der Waals surface area contributed by atoms with Gasteiger partial charge in [0, 0.05) is 42.1 Å². The number of nitrogen functional groups attached to an aromatic ring is 1. The largest absolute Gasteiger partial charge is 0.444 e. The van der Waals surface area contributed by atoms with Crippen molar-refractivity contribution in [3.05, 3.63) is 78.1 Å². The Balaban J connectivity index is 1.31. The molecule has 0 aliphatic carbocycles. The van der Waals surface area contributed by atoms with Crippen LogP contribution < -0.4 is 16.4 Å². The van der Waals surface area contributed by atoms with E-state index in [2.05, 4.69) is 25.8 Å². The van der Waals surface area contributed by atoms with Crippen LogP contribution in [0.3, 0.4) is 0 Å². The molecule has 0 saturated carbocycles. The molecular formula is C34H36F3N9O3. The SMILES string of the molecule is Cc1c(-c2ccnn2-c2ccc(N)cc2)cn2nc(NC(=O)NC3CCN(C(=O)OC(C)(C)C)CC3)nc2c1-c1cccc(C(F)(F)F)c1. The third kappa shape index (κ3) is 7.29. The number of hydrogen-bond donors (Lipinski definition) is 3. The molecule has 6 rings (SSSR count). The molecule has 3 aromatic heterocycles. The van der Waals surface area contributed by atoms with E-state index in [1.54, 1.807) is 73.9 Å². The number of rotatable bonds is 5. The van der Waals surface area contributed by atoms with Crippen LogP contribution in [0, 0.1) is 6.92 Å². The van der Waals surface area contributed by atoms with Gasteiger partial charge in [-0.05, 0) is 94.1 Å². The normalized spacial score (nSPS) is 14.2. The lowest BCUT2D eigenvalue weighted by Crippen LogP contribution is -2.48. The standard InChI is InChI=1S/C34H36F3N9O3/c1-20-26(27-12-15-39-46(27)25-10-8-23(38)9-11-25)19-45-29(28(20)21-6-5-7-22(18-21)34(35,36)37)41-30(43-45)42-31(47)40-24-13-16-44(17-14-24)32(48)49-33(2,3)4/h5-12,15,18-19,24H,13-14,16-17,38H2,1-4H3,(H2,40,42,43,47). The first-order valence-corrected chi connectivity index (χ1v) is 15.7. The Morgan fingerprint density at radius 2 is 1.73 bits per heavy atom. The molecule has 4 heterocycles. The van der Waals surface area contributed by atoms with Gasteiger partial charge in [0.25, 0.3) is 5.95 Å². The predicted molar refractivity (Wildman–Crippen MR) is 178 cm³/mol. The number of anilines is 2. The number of nitrogens with one attached hydrogen (secondary N) is 2. The highest BCUT2D eigenvalue weighted by atomic mass is 19.4. The molecule has 0 unspecified atom stereocenters. The van der Waals surface area contributed by atoms with E-state index >= 15 is 0 Å². The number of hydrogen-bond acceptors (Lipinski definition) is 7. The average Bonchev–Trinajstić information content (AvgIpc) is 3.67. The fourth-order valence-corrected chi connectivity index (χ4v) is 5.80. The number of alkyl halides is 3. The zero-order valence-electron chi connectivity index (χ0n) is 27.4. The lowest BCUT2D eigenvalue weighted by Gasteiger charge is -2.33. The molecule has 0 atom stereocenters. The number of nitrogens with two attached hydrogens (primary N) is 1. The van der Waals surface area contributed by atoms with E-state index < -0.39 is 29.5 Å². The van der Waals surface area contributed by atoms with Gasteiger partial charge in [0.2, 0.25) is 0 Å². The topological polar surface area (TPSA) is 145 Å². The van der Waals surface area contributed by atoms with Gasteiger partial charge < -0.3 is 20.7 Å². The number of benzene rings is 2. The van der Waals surface area contributed by atoms with Gasteiger partial charge in [0.05, 0.1) is 23.1 Å². The van der Waals surface area contributed by atoms with Gasteiger partial charge >= 0.3 is 18.3 Å². The molecule has 256 valence electrons. The molecule has 1 aliphatic heterocycles. The van der Waals surface area contributed by atoms with Gasteiger partial charge in [-0.3, -0.25) is 5.32 Å². The lowest BCUT2D eigenvalue weighted by molar-refractivity contribution is -0.137. The molecular weight excluding hydrogens is 639 g/mol. The van der Waals surface area contributed by atoms with Gasteiger partial charge in [-0.1, -0.05) is 12.1 Å². The van der Waals surface area contributed by atoms with Crippen molar-refractivity contribution in [2.75, 3.05) is 24.1 Å². The predicted octanol–water partition coefficient (Wildman–Crippen LogP) is 6.68. The number of fused-ring (bicyclic) bond motifs is 1. The number of nitrogens with zero attached hydrogens (tertiary/aromatic N) is 6. The van der Waals surface area contributed by atoms with E-state index in [1.807, 2.05) is 12.1 Å². The third-order valence-corrected chi connectivity index (χ3v) is 8.13. The molecule has 5 aromatic rings. The van der Waals surface area contributed by atoms with Crippen LogP contribution in [0.4, 0.5) is 34.4 Å². The molecule has 0 spiro atoms. The summed E-state index contributed by atoms with van der Waals surface area (Å²) >= 11 is 0. The molecule has 2 aromatic carbocycles. The van der Waals surface area contributed by atoms with Gasteiger partial charge in [0.1, 0.15) is 5.60 Å². The van der Waals surface area contributed by atoms with Gasteiger partial charge in [0.15, 0.2) is 5.65 Å².